The molecule has 28 heavy (non-hydrogen) atoms. The number of benzene rings is 2. The molecule has 0 aliphatic rings. The predicted molar refractivity (Wildman–Crippen MR) is 114 cm³/mol. The molecular formula is C18H13Br2N5O3. The summed E-state index contributed by atoms with van der Waals surface area (Å²) in [7, 11) is 0. The third kappa shape index (κ3) is 4.70. The third-order valence-electron chi connectivity index (χ3n) is 3.60. The van der Waals surface area contributed by atoms with Gasteiger partial charge < -0.3 is 5.11 Å². The molecule has 2 N–H and O–H groups in total. The zero-order valence-electron chi connectivity index (χ0n) is 14.4. The van der Waals surface area contributed by atoms with Crippen molar-refractivity contribution in [1.29, 1.82) is 0 Å². The zero-order chi connectivity index (χ0) is 20.3. The number of hydrogen-bond donors (Lipinski definition) is 2. The highest BCUT2D eigenvalue weighted by molar-refractivity contribution is 9.11. The van der Waals surface area contributed by atoms with E-state index < -0.39 is 4.92 Å². The Balaban J connectivity index is 1.87. The van der Waals surface area contributed by atoms with Crippen LogP contribution >= 0.6 is 31.9 Å². The molecule has 10 heteroatoms. The minimum absolute atomic E-state index is 0.0141. The predicted octanol–water partition coefficient (Wildman–Crippen LogP) is 5.04. The summed E-state index contributed by atoms with van der Waals surface area (Å²) in [5.74, 6) is 0.770. The first-order chi connectivity index (χ1) is 13.3. The Kier molecular flexibility index (Phi) is 6.00. The van der Waals surface area contributed by atoms with Crippen LogP contribution in [0.4, 0.5) is 11.5 Å². The SMILES string of the molecule is Cc1cc(N/N=C\c2cccc([N+](=O)[O-])c2)nc(-c2cc(Br)cc(Br)c2O)n1. The van der Waals surface area contributed by atoms with Gasteiger partial charge in [0.1, 0.15) is 5.75 Å². The van der Waals surface area contributed by atoms with E-state index in [-0.39, 0.29) is 11.4 Å². The number of aromatic nitrogens is 2. The highest BCUT2D eigenvalue weighted by atomic mass is 79.9. The van der Waals surface area contributed by atoms with Gasteiger partial charge >= 0.3 is 0 Å². The van der Waals surface area contributed by atoms with Gasteiger partial charge in [0.15, 0.2) is 11.6 Å². The third-order valence-corrected chi connectivity index (χ3v) is 4.66. The summed E-state index contributed by atoms with van der Waals surface area (Å²) in [4.78, 5) is 19.1. The van der Waals surface area contributed by atoms with Crippen molar-refractivity contribution in [2.24, 2.45) is 5.10 Å². The fourth-order valence-electron chi connectivity index (χ4n) is 2.37. The van der Waals surface area contributed by atoms with Gasteiger partial charge in [-0.3, -0.25) is 15.5 Å². The van der Waals surface area contributed by atoms with Gasteiger partial charge in [-0.1, -0.05) is 28.1 Å². The Hall–Kier alpha value is -2.85. The van der Waals surface area contributed by atoms with Crippen molar-refractivity contribution in [2.45, 2.75) is 6.92 Å². The number of nitro groups is 1. The molecular weight excluding hydrogens is 494 g/mol. The topological polar surface area (TPSA) is 114 Å². The van der Waals surface area contributed by atoms with Crippen molar-refractivity contribution in [3.05, 3.63) is 72.8 Å². The fraction of sp³-hybridized carbons (Fsp3) is 0.0556. The average molecular weight is 507 g/mol. The van der Waals surface area contributed by atoms with Gasteiger partial charge in [0.2, 0.25) is 0 Å². The summed E-state index contributed by atoms with van der Waals surface area (Å²) >= 11 is 6.67. The maximum Gasteiger partial charge on any atom is 0.270 e. The molecule has 0 aliphatic carbocycles. The van der Waals surface area contributed by atoms with Crippen LogP contribution in [0.15, 0.2) is 56.5 Å². The number of aryl methyl sites for hydroxylation is 1. The molecule has 0 unspecified atom stereocenters. The van der Waals surface area contributed by atoms with E-state index in [1.807, 2.05) is 0 Å². The van der Waals surface area contributed by atoms with Crippen molar-refractivity contribution in [3.8, 4) is 17.1 Å². The molecule has 0 atom stereocenters. The highest BCUT2D eigenvalue weighted by Gasteiger charge is 2.13. The van der Waals surface area contributed by atoms with E-state index in [9.17, 15) is 15.2 Å². The summed E-state index contributed by atoms with van der Waals surface area (Å²) in [5.41, 5.74) is 4.47. The van der Waals surface area contributed by atoms with Gasteiger partial charge in [0.05, 0.1) is 21.2 Å². The number of nitro benzene ring substituents is 1. The molecule has 1 heterocycles. The molecule has 0 saturated heterocycles. The number of hydrogen-bond acceptors (Lipinski definition) is 7. The second-order valence-corrected chi connectivity index (χ2v) is 7.49. The molecule has 142 valence electrons. The molecule has 0 saturated carbocycles. The molecule has 0 radical (unpaired) electrons. The molecule has 3 aromatic rings. The molecule has 0 bridgehead atoms. The lowest BCUT2D eigenvalue weighted by Crippen LogP contribution is -1.99. The summed E-state index contributed by atoms with van der Waals surface area (Å²) in [6.07, 6.45) is 1.46. The van der Waals surface area contributed by atoms with Crippen LogP contribution in [0, 0.1) is 17.0 Å². The number of non-ortho nitro benzene ring substituents is 1. The Bertz CT molecular complexity index is 1090. The summed E-state index contributed by atoms with van der Waals surface area (Å²) in [6, 6.07) is 11.2. The number of nitrogens with one attached hydrogen (secondary N) is 1. The van der Waals surface area contributed by atoms with Crippen molar-refractivity contribution in [2.75, 3.05) is 5.43 Å². The smallest absolute Gasteiger partial charge is 0.270 e. The lowest BCUT2D eigenvalue weighted by Gasteiger charge is -2.09. The Morgan fingerprint density at radius 2 is 2.00 bits per heavy atom. The van der Waals surface area contributed by atoms with Crippen molar-refractivity contribution in [3.63, 3.8) is 0 Å². The van der Waals surface area contributed by atoms with Crippen LogP contribution in [0.3, 0.4) is 0 Å². The van der Waals surface area contributed by atoms with Gasteiger partial charge in [-0.05, 0) is 35.0 Å². The molecule has 0 spiro atoms. The number of rotatable bonds is 5. The average Bonchev–Trinajstić information content (AvgIpc) is 2.64. The van der Waals surface area contributed by atoms with Crippen LogP contribution in [0.2, 0.25) is 0 Å². The maximum absolute atomic E-state index is 10.8. The summed E-state index contributed by atoms with van der Waals surface area (Å²) < 4.78 is 1.27. The second kappa shape index (κ2) is 8.44. The van der Waals surface area contributed by atoms with E-state index in [1.165, 1.54) is 18.3 Å². The van der Waals surface area contributed by atoms with E-state index in [4.69, 9.17) is 0 Å². The largest absolute Gasteiger partial charge is 0.506 e. The maximum atomic E-state index is 10.8. The highest BCUT2D eigenvalue weighted by Crippen LogP contribution is 2.37. The van der Waals surface area contributed by atoms with Crippen LogP contribution < -0.4 is 5.43 Å². The van der Waals surface area contributed by atoms with E-state index >= 15 is 0 Å². The van der Waals surface area contributed by atoms with Crippen LogP contribution in [0.1, 0.15) is 11.3 Å². The zero-order valence-corrected chi connectivity index (χ0v) is 17.6. The van der Waals surface area contributed by atoms with Crippen molar-refractivity contribution in [1.82, 2.24) is 9.97 Å². The number of anilines is 1. The minimum Gasteiger partial charge on any atom is -0.506 e. The van der Waals surface area contributed by atoms with Crippen molar-refractivity contribution >= 4 is 49.6 Å². The van der Waals surface area contributed by atoms with E-state index in [2.05, 4.69) is 52.4 Å². The van der Waals surface area contributed by atoms with Gasteiger partial charge in [-0.15, -0.1) is 0 Å². The monoisotopic (exact) mass is 505 g/mol. The Morgan fingerprint density at radius 1 is 1.21 bits per heavy atom. The van der Waals surface area contributed by atoms with E-state index in [1.54, 1.807) is 37.3 Å². The molecule has 8 nitrogen and oxygen atoms in total. The first-order valence-electron chi connectivity index (χ1n) is 7.91. The van der Waals surface area contributed by atoms with Gasteiger partial charge in [0, 0.05) is 33.9 Å². The van der Waals surface area contributed by atoms with E-state index in [0.29, 0.717) is 32.9 Å². The number of halogens is 2. The molecule has 2 aromatic carbocycles. The Morgan fingerprint density at radius 3 is 2.75 bits per heavy atom. The normalized spacial score (nSPS) is 11.0. The van der Waals surface area contributed by atoms with Gasteiger partial charge in [-0.25, -0.2) is 9.97 Å². The number of hydrazone groups is 1. The van der Waals surface area contributed by atoms with E-state index in [0.717, 1.165) is 4.47 Å². The van der Waals surface area contributed by atoms with Crippen LogP contribution in [-0.2, 0) is 0 Å². The number of phenolic OH excluding ortho intramolecular Hbond substituents is 1. The summed E-state index contributed by atoms with van der Waals surface area (Å²) in [6.45, 7) is 1.80. The Labute approximate surface area is 176 Å². The first kappa shape index (κ1) is 19.9. The first-order valence-corrected chi connectivity index (χ1v) is 9.49. The van der Waals surface area contributed by atoms with Crippen LogP contribution in [0.25, 0.3) is 11.4 Å². The van der Waals surface area contributed by atoms with Crippen molar-refractivity contribution < 1.29 is 10.0 Å². The fourth-order valence-corrected chi connectivity index (χ4v) is 3.60. The molecule has 1 aromatic heterocycles. The number of aromatic hydroxyl groups is 1. The standard InChI is InChI=1S/C18H13Br2N5O3/c1-10-5-16(24-21-9-11-3-2-4-13(6-11)25(27)28)23-18(22-10)14-7-12(19)8-15(20)17(14)26/h2-9,26H,1H3,(H,22,23,24)/b21-9-. The van der Waals surface area contributed by atoms with Crippen LogP contribution in [-0.4, -0.2) is 26.2 Å². The lowest BCUT2D eigenvalue weighted by atomic mass is 10.2. The van der Waals surface area contributed by atoms with Gasteiger partial charge in [0.25, 0.3) is 5.69 Å². The molecule has 0 fully saturated rings. The van der Waals surface area contributed by atoms with Gasteiger partial charge in [-0.2, -0.15) is 5.10 Å². The summed E-state index contributed by atoms with van der Waals surface area (Å²) in [5, 5.41) is 25.2. The second-order valence-electron chi connectivity index (χ2n) is 5.72. The molecule has 0 aliphatic heterocycles. The molecule has 3 rings (SSSR count). The molecule has 0 amide bonds. The number of phenols is 1. The quantitative estimate of drug-likeness (QED) is 0.285. The lowest BCUT2D eigenvalue weighted by molar-refractivity contribution is -0.384. The number of nitrogens with zero attached hydrogens (tertiary/aromatic N) is 4. The minimum atomic E-state index is -0.465. The van der Waals surface area contributed by atoms with Crippen LogP contribution in [0.5, 0.6) is 5.75 Å².